The van der Waals surface area contributed by atoms with Gasteiger partial charge in [-0.3, -0.25) is 0 Å². The Bertz CT molecular complexity index is 1250. The Balaban J connectivity index is 1.31. The molecular formula is C26H30N6O2. The third-order valence-corrected chi connectivity index (χ3v) is 6.91. The third-order valence-electron chi connectivity index (χ3n) is 6.91. The number of anilines is 3. The van der Waals surface area contributed by atoms with E-state index in [0.717, 1.165) is 55.4 Å². The summed E-state index contributed by atoms with van der Waals surface area (Å²) >= 11 is 0. The molecule has 8 nitrogen and oxygen atoms in total. The fourth-order valence-corrected chi connectivity index (χ4v) is 4.69. The van der Waals surface area contributed by atoms with Crippen LogP contribution < -0.4 is 15.0 Å². The summed E-state index contributed by atoms with van der Waals surface area (Å²) in [4.78, 5) is 14.1. The van der Waals surface area contributed by atoms with Crippen molar-refractivity contribution in [3.8, 4) is 11.8 Å². The Morgan fingerprint density at radius 3 is 2.68 bits per heavy atom. The second-order valence-electron chi connectivity index (χ2n) is 9.73. The van der Waals surface area contributed by atoms with Crippen molar-refractivity contribution in [1.29, 1.82) is 0 Å². The predicted molar refractivity (Wildman–Crippen MR) is 132 cm³/mol. The molecule has 1 N–H and O–H groups in total. The van der Waals surface area contributed by atoms with Gasteiger partial charge in [0.05, 0.1) is 5.69 Å². The molecule has 6 rings (SSSR count). The molecule has 1 saturated carbocycles. The standard InChI is InChI=1S/C26H30N6O2/c1-16-12-19-6-7-22(17(2)20(19)13-16)33-26-28-23(27-25-14-21(30-34-25)18-4-5-18)15-24(29-26)32-10-8-31(3)9-11-32/h6-7,13-15,18H,4-5,8-12H2,1-3H3,(H,27,28,29). The van der Waals surface area contributed by atoms with Crippen LogP contribution >= 0.6 is 0 Å². The molecule has 0 atom stereocenters. The first-order chi connectivity index (χ1) is 16.5. The lowest BCUT2D eigenvalue weighted by molar-refractivity contribution is 0.311. The number of hydrogen-bond donors (Lipinski definition) is 1. The number of ether oxygens (including phenoxy) is 1. The molecule has 1 saturated heterocycles. The molecule has 3 aromatic rings. The minimum atomic E-state index is 0.322. The highest BCUT2D eigenvalue weighted by Crippen LogP contribution is 2.40. The zero-order valence-corrected chi connectivity index (χ0v) is 20.0. The molecule has 0 spiro atoms. The van der Waals surface area contributed by atoms with Crippen LogP contribution in [0.4, 0.5) is 17.5 Å². The number of nitrogens with zero attached hydrogens (tertiary/aromatic N) is 5. The van der Waals surface area contributed by atoms with Crippen molar-refractivity contribution < 1.29 is 9.26 Å². The van der Waals surface area contributed by atoms with Crippen LogP contribution in [0, 0.1) is 6.92 Å². The smallest absolute Gasteiger partial charge is 0.325 e. The summed E-state index contributed by atoms with van der Waals surface area (Å²) in [7, 11) is 2.15. The number of benzene rings is 1. The molecule has 176 valence electrons. The van der Waals surface area contributed by atoms with Gasteiger partial charge in [-0.2, -0.15) is 9.97 Å². The summed E-state index contributed by atoms with van der Waals surface area (Å²) in [5.74, 6) is 3.38. The maximum absolute atomic E-state index is 6.28. The van der Waals surface area contributed by atoms with Gasteiger partial charge in [-0.15, -0.1) is 0 Å². The average Bonchev–Trinajstić information content (AvgIpc) is 3.45. The van der Waals surface area contributed by atoms with Gasteiger partial charge >= 0.3 is 6.01 Å². The molecule has 0 bridgehead atoms. The highest BCUT2D eigenvalue weighted by molar-refractivity contribution is 5.69. The van der Waals surface area contributed by atoms with E-state index < -0.39 is 0 Å². The van der Waals surface area contributed by atoms with Crippen LogP contribution in [0.1, 0.15) is 48.1 Å². The van der Waals surface area contributed by atoms with Gasteiger partial charge in [0.2, 0.25) is 5.88 Å². The third kappa shape index (κ3) is 4.25. The quantitative estimate of drug-likeness (QED) is 0.559. The van der Waals surface area contributed by atoms with Crippen molar-refractivity contribution in [3.05, 3.63) is 52.2 Å². The number of likely N-dealkylation sites (N-methyl/N-ethyl adjacent to an activating group) is 1. The molecule has 0 unspecified atom stereocenters. The Morgan fingerprint density at radius 2 is 1.88 bits per heavy atom. The second-order valence-corrected chi connectivity index (χ2v) is 9.73. The first-order valence-corrected chi connectivity index (χ1v) is 12.1. The summed E-state index contributed by atoms with van der Waals surface area (Å²) in [6.45, 7) is 8.06. The van der Waals surface area contributed by atoms with E-state index in [4.69, 9.17) is 14.2 Å². The van der Waals surface area contributed by atoms with Gasteiger partial charge in [0.15, 0.2) is 0 Å². The van der Waals surface area contributed by atoms with E-state index in [1.165, 1.54) is 29.5 Å². The van der Waals surface area contributed by atoms with Gasteiger partial charge in [-0.1, -0.05) is 22.9 Å². The topological polar surface area (TPSA) is 79.5 Å². The monoisotopic (exact) mass is 458 g/mol. The lowest BCUT2D eigenvalue weighted by Crippen LogP contribution is -2.44. The molecule has 3 aliphatic rings. The molecule has 1 aromatic carbocycles. The minimum Gasteiger partial charge on any atom is -0.424 e. The van der Waals surface area contributed by atoms with Crippen LogP contribution in [-0.2, 0) is 6.42 Å². The Morgan fingerprint density at radius 1 is 1.06 bits per heavy atom. The first kappa shape index (κ1) is 21.2. The van der Waals surface area contributed by atoms with Gasteiger partial charge in [-0.25, -0.2) is 0 Å². The summed E-state index contributed by atoms with van der Waals surface area (Å²) in [5.41, 5.74) is 6.07. The Kier molecular flexibility index (Phi) is 5.25. The minimum absolute atomic E-state index is 0.322. The number of aromatic nitrogens is 3. The van der Waals surface area contributed by atoms with Crippen molar-refractivity contribution in [2.45, 2.75) is 39.0 Å². The average molecular weight is 459 g/mol. The normalized spacial score (nSPS) is 18.1. The largest absolute Gasteiger partial charge is 0.424 e. The number of piperazine rings is 1. The van der Waals surface area contributed by atoms with E-state index in [1.54, 1.807) is 0 Å². The van der Waals surface area contributed by atoms with E-state index in [-0.39, 0.29) is 0 Å². The van der Waals surface area contributed by atoms with E-state index in [9.17, 15) is 0 Å². The summed E-state index contributed by atoms with van der Waals surface area (Å²) < 4.78 is 11.8. The lowest BCUT2D eigenvalue weighted by Gasteiger charge is -2.33. The summed E-state index contributed by atoms with van der Waals surface area (Å²) in [6.07, 6.45) is 5.60. The van der Waals surface area contributed by atoms with E-state index in [2.05, 4.69) is 58.3 Å². The van der Waals surface area contributed by atoms with Crippen molar-refractivity contribution in [2.24, 2.45) is 0 Å². The van der Waals surface area contributed by atoms with Crippen LogP contribution in [0.2, 0.25) is 0 Å². The lowest BCUT2D eigenvalue weighted by atomic mass is 10.0. The van der Waals surface area contributed by atoms with Crippen molar-refractivity contribution >= 4 is 23.6 Å². The molecule has 8 heteroatoms. The highest BCUT2D eigenvalue weighted by Gasteiger charge is 2.27. The number of fused-ring (bicyclic) bond motifs is 1. The first-order valence-electron chi connectivity index (χ1n) is 12.1. The molecule has 0 amide bonds. The summed E-state index contributed by atoms with van der Waals surface area (Å²) in [5, 5.41) is 7.48. The van der Waals surface area contributed by atoms with Crippen molar-refractivity contribution in [1.82, 2.24) is 20.0 Å². The van der Waals surface area contributed by atoms with E-state index >= 15 is 0 Å². The van der Waals surface area contributed by atoms with Crippen LogP contribution in [0.3, 0.4) is 0 Å². The zero-order chi connectivity index (χ0) is 23.2. The van der Waals surface area contributed by atoms with Gasteiger partial charge in [0.25, 0.3) is 0 Å². The molecule has 3 heterocycles. The van der Waals surface area contributed by atoms with Gasteiger partial charge in [0, 0.05) is 44.2 Å². The van der Waals surface area contributed by atoms with Crippen LogP contribution in [-0.4, -0.2) is 53.3 Å². The van der Waals surface area contributed by atoms with Crippen LogP contribution in [0.5, 0.6) is 11.8 Å². The fraction of sp³-hybridized carbons (Fsp3) is 0.423. The van der Waals surface area contributed by atoms with Crippen LogP contribution in [0.25, 0.3) is 6.08 Å². The van der Waals surface area contributed by atoms with E-state index in [0.29, 0.717) is 23.6 Å². The van der Waals surface area contributed by atoms with Gasteiger partial charge < -0.3 is 24.4 Å². The SMILES string of the molecule is CC1=Cc2c(ccc(Oc3nc(Nc4cc(C5CC5)no4)cc(N4CCN(C)CC4)n3)c2C)C1. The molecule has 2 aromatic heterocycles. The van der Waals surface area contributed by atoms with Gasteiger partial charge in [-0.05, 0) is 62.9 Å². The number of rotatable bonds is 6. The number of allylic oxidation sites excluding steroid dienone is 1. The predicted octanol–water partition coefficient (Wildman–Crippen LogP) is 4.90. The van der Waals surface area contributed by atoms with Crippen molar-refractivity contribution in [3.63, 3.8) is 0 Å². The Labute approximate surface area is 199 Å². The molecule has 2 aliphatic carbocycles. The molecule has 0 radical (unpaired) electrons. The van der Waals surface area contributed by atoms with Crippen LogP contribution in [0.15, 0.2) is 34.4 Å². The molecule has 1 aliphatic heterocycles. The fourth-order valence-electron chi connectivity index (χ4n) is 4.69. The van der Waals surface area contributed by atoms with Crippen molar-refractivity contribution in [2.75, 3.05) is 43.4 Å². The van der Waals surface area contributed by atoms with E-state index in [1.807, 2.05) is 18.2 Å². The maximum atomic E-state index is 6.28. The molecule has 34 heavy (non-hydrogen) atoms. The second kappa shape index (κ2) is 8.43. The molecular weight excluding hydrogens is 428 g/mol. The highest BCUT2D eigenvalue weighted by atomic mass is 16.5. The number of nitrogens with one attached hydrogen (secondary N) is 1. The maximum Gasteiger partial charge on any atom is 0.325 e. The number of hydrogen-bond acceptors (Lipinski definition) is 8. The Hall–Kier alpha value is -3.39. The molecule has 2 fully saturated rings. The summed E-state index contributed by atoms with van der Waals surface area (Å²) in [6, 6.07) is 8.41. The zero-order valence-electron chi connectivity index (χ0n) is 20.0. The van der Waals surface area contributed by atoms with Gasteiger partial charge in [0.1, 0.15) is 17.4 Å².